The Hall–Kier alpha value is -2.31. The molecule has 0 saturated carbocycles. The molecule has 0 fully saturated rings. The molecule has 2 rings (SSSR count). The Morgan fingerprint density at radius 2 is 1.83 bits per heavy atom. The van der Waals surface area contributed by atoms with Crippen LogP contribution in [0.3, 0.4) is 0 Å². The molecule has 0 bridgehead atoms. The Morgan fingerprint density at radius 3 is 2.35 bits per heavy atom. The molecule has 0 radical (unpaired) electrons. The maximum Gasteiger partial charge on any atom is 0.416 e. The van der Waals surface area contributed by atoms with Crippen LogP contribution in [0.25, 0.3) is 0 Å². The standard InChI is InChI=1S/C16H17F3N2O2/c1-15(2)7-13(22)12(14(23)8-15)9-20-21-11-5-3-10(4-6-11)16(17,18)19/h3-6,9,21-22H,7-8H2,1-2H3/b20-9+. The van der Waals surface area contributed by atoms with Gasteiger partial charge in [-0.1, -0.05) is 13.8 Å². The first kappa shape index (κ1) is 17.1. The number of rotatable bonds is 3. The van der Waals surface area contributed by atoms with E-state index in [1.807, 2.05) is 13.8 Å². The third kappa shape index (κ3) is 4.34. The fourth-order valence-electron chi connectivity index (χ4n) is 2.35. The molecule has 124 valence electrons. The van der Waals surface area contributed by atoms with Gasteiger partial charge in [-0.25, -0.2) is 0 Å². The van der Waals surface area contributed by atoms with Crippen molar-refractivity contribution in [3.05, 3.63) is 41.2 Å². The first-order valence-corrected chi connectivity index (χ1v) is 7.00. The topological polar surface area (TPSA) is 61.7 Å². The van der Waals surface area contributed by atoms with Gasteiger partial charge in [-0.2, -0.15) is 18.3 Å². The zero-order valence-corrected chi connectivity index (χ0v) is 12.7. The second kappa shape index (κ2) is 6.06. The van der Waals surface area contributed by atoms with Crippen LogP contribution in [-0.2, 0) is 11.0 Å². The van der Waals surface area contributed by atoms with E-state index in [9.17, 15) is 23.1 Å². The SMILES string of the molecule is CC1(C)CC(=O)C(/C=N/Nc2ccc(C(F)(F)F)cc2)=C(O)C1. The molecule has 23 heavy (non-hydrogen) atoms. The minimum atomic E-state index is -4.39. The van der Waals surface area contributed by atoms with Crippen molar-refractivity contribution in [2.24, 2.45) is 10.5 Å². The number of carbonyl (C=O) groups excluding carboxylic acids is 1. The molecule has 0 amide bonds. The highest BCUT2D eigenvalue weighted by atomic mass is 19.4. The number of hydrazone groups is 1. The van der Waals surface area contributed by atoms with E-state index in [1.165, 1.54) is 18.3 Å². The molecule has 1 aliphatic rings. The lowest BCUT2D eigenvalue weighted by molar-refractivity contribution is -0.137. The number of alkyl halides is 3. The van der Waals surface area contributed by atoms with Gasteiger partial charge in [0.1, 0.15) is 5.76 Å². The number of ketones is 1. The molecule has 1 aromatic carbocycles. The number of aliphatic hydroxyl groups excluding tert-OH is 1. The summed E-state index contributed by atoms with van der Waals surface area (Å²) in [6, 6.07) is 4.34. The molecule has 0 atom stereocenters. The Morgan fingerprint density at radius 1 is 1.22 bits per heavy atom. The van der Waals surface area contributed by atoms with Crippen molar-refractivity contribution in [2.75, 3.05) is 5.43 Å². The third-order valence-corrected chi connectivity index (χ3v) is 3.50. The molecule has 2 N–H and O–H groups in total. The van der Waals surface area contributed by atoms with Gasteiger partial charge in [0.15, 0.2) is 5.78 Å². The number of anilines is 1. The van der Waals surface area contributed by atoms with Crippen LogP contribution in [0, 0.1) is 5.41 Å². The minimum Gasteiger partial charge on any atom is -0.511 e. The summed E-state index contributed by atoms with van der Waals surface area (Å²) in [6.45, 7) is 3.77. The maximum atomic E-state index is 12.4. The molecule has 4 nitrogen and oxygen atoms in total. The van der Waals surface area contributed by atoms with Crippen molar-refractivity contribution < 1.29 is 23.1 Å². The highest BCUT2D eigenvalue weighted by Crippen LogP contribution is 2.35. The van der Waals surface area contributed by atoms with Crippen LogP contribution in [0.2, 0.25) is 0 Å². The van der Waals surface area contributed by atoms with E-state index >= 15 is 0 Å². The van der Waals surface area contributed by atoms with Crippen LogP contribution in [0.5, 0.6) is 0 Å². The molecular formula is C16H17F3N2O2. The number of carbonyl (C=O) groups is 1. The highest BCUT2D eigenvalue weighted by molar-refractivity contribution is 6.14. The van der Waals surface area contributed by atoms with Crippen LogP contribution in [0.4, 0.5) is 18.9 Å². The zero-order chi connectivity index (χ0) is 17.3. The summed E-state index contributed by atoms with van der Waals surface area (Å²) in [4.78, 5) is 12.0. The number of hydrogen-bond acceptors (Lipinski definition) is 4. The third-order valence-electron chi connectivity index (χ3n) is 3.50. The van der Waals surface area contributed by atoms with Crippen LogP contribution in [-0.4, -0.2) is 17.1 Å². The van der Waals surface area contributed by atoms with E-state index in [2.05, 4.69) is 10.5 Å². The monoisotopic (exact) mass is 326 g/mol. The number of halogens is 3. The van der Waals surface area contributed by atoms with Gasteiger partial charge in [0.2, 0.25) is 0 Å². The summed E-state index contributed by atoms with van der Waals surface area (Å²) < 4.78 is 37.3. The Bertz CT molecular complexity index is 659. The van der Waals surface area contributed by atoms with Gasteiger partial charge in [-0.15, -0.1) is 0 Å². The molecule has 0 spiro atoms. The predicted octanol–water partition coefficient (Wildman–Crippen LogP) is 4.30. The van der Waals surface area contributed by atoms with Gasteiger partial charge in [-0.3, -0.25) is 10.2 Å². The van der Waals surface area contributed by atoms with E-state index in [-0.39, 0.29) is 22.5 Å². The molecule has 1 aliphatic carbocycles. The molecule has 1 aromatic rings. The minimum absolute atomic E-state index is 0.0239. The molecule has 0 aliphatic heterocycles. The summed E-state index contributed by atoms with van der Waals surface area (Å²) in [5.41, 5.74) is 1.97. The first-order chi connectivity index (χ1) is 10.6. The van der Waals surface area contributed by atoms with Crippen molar-refractivity contribution >= 4 is 17.7 Å². The summed E-state index contributed by atoms with van der Waals surface area (Å²) in [5, 5.41) is 13.7. The van der Waals surface area contributed by atoms with Gasteiger partial charge < -0.3 is 5.11 Å². The maximum absolute atomic E-state index is 12.4. The average molecular weight is 326 g/mol. The van der Waals surface area contributed by atoms with Crippen LogP contribution < -0.4 is 5.43 Å². The normalized spacial score (nSPS) is 18.6. The number of nitrogens with one attached hydrogen (secondary N) is 1. The zero-order valence-electron chi connectivity index (χ0n) is 12.7. The molecule has 0 aromatic heterocycles. The fourth-order valence-corrected chi connectivity index (χ4v) is 2.35. The second-order valence-electron chi connectivity index (χ2n) is 6.25. The van der Waals surface area contributed by atoms with Gasteiger partial charge >= 0.3 is 6.18 Å². The summed E-state index contributed by atoms with van der Waals surface area (Å²) in [7, 11) is 0. The number of nitrogens with zero attached hydrogens (tertiary/aromatic N) is 1. The second-order valence-corrected chi connectivity index (χ2v) is 6.25. The fraction of sp³-hybridized carbons (Fsp3) is 0.375. The van der Waals surface area contributed by atoms with Crippen molar-refractivity contribution in [1.82, 2.24) is 0 Å². The lowest BCUT2D eigenvalue weighted by atomic mass is 9.77. The van der Waals surface area contributed by atoms with Crippen LogP contribution >= 0.6 is 0 Å². The summed E-state index contributed by atoms with van der Waals surface area (Å²) in [6.07, 6.45) is -2.51. The lowest BCUT2D eigenvalue weighted by Crippen LogP contribution is -2.26. The average Bonchev–Trinajstić information content (AvgIpc) is 2.40. The van der Waals surface area contributed by atoms with Crippen molar-refractivity contribution in [1.29, 1.82) is 0 Å². The van der Waals surface area contributed by atoms with Gasteiger partial charge in [0, 0.05) is 12.8 Å². The Kier molecular flexibility index (Phi) is 4.49. The Labute approximate surface area is 131 Å². The van der Waals surface area contributed by atoms with E-state index in [0.717, 1.165) is 12.1 Å². The van der Waals surface area contributed by atoms with Crippen molar-refractivity contribution in [3.8, 4) is 0 Å². The van der Waals surface area contributed by atoms with Gasteiger partial charge in [0.25, 0.3) is 0 Å². The molecule has 7 heteroatoms. The van der Waals surface area contributed by atoms with E-state index in [0.29, 0.717) is 18.5 Å². The smallest absolute Gasteiger partial charge is 0.416 e. The number of allylic oxidation sites excluding steroid dienone is 2. The summed E-state index contributed by atoms with van der Waals surface area (Å²) >= 11 is 0. The van der Waals surface area contributed by atoms with Gasteiger partial charge in [0.05, 0.1) is 23.0 Å². The Balaban J connectivity index is 2.06. The number of aliphatic hydroxyl groups is 1. The van der Waals surface area contributed by atoms with Crippen LogP contribution in [0.15, 0.2) is 40.7 Å². The number of hydrogen-bond donors (Lipinski definition) is 2. The van der Waals surface area contributed by atoms with E-state index in [1.54, 1.807) is 0 Å². The molecule has 0 saturated heterocycles. The predicted molar refractivity (Wildman–Crippen MR) is 81.2 cm³/mol. The number of benzene rings is 1. The molecular weight excluding hydrogens is 309 g/mol. The van der Waals surface area contributed by atoms with E-state index < -0.39 is 11.7 Å². The van der Waals surface area contributed by atoms with Crippen LogP contribution in [0.1, 0.15) is 32.3 Å². The molecule has 0 unspecified atom stereocenters. The largest absolute Gasteiger partial charge is 0.511 e. The molecule has 0 heterocycles. The quantitative estimate of drug-likeness (QED) is 0.643. The van der Waals surface area contributed by atoms with Crippen molar-refractivity contribution in [2.45, 2.75) is 32.9 Å². The highest BCUT2D eigenvalue weighted by Gasteiger charge is 2.32. The lowest BCUT2D eigenvalue weighted by Gasteiger charge is -2.28. The van der Waals surface area contributed by atoms with Gasteiger partial charge in [-0.05, 0) is 29.7 Å². The number of Topliss-reactive ketones (excluding diaryl/α,β-unsaturated/α-hetero) is 1. The van der Waals surface area contributed by atoms with E-state index in [4.69, 9.17) is 0 Å². The summed E-state index contributed by atoms with van der Waals surface area (Å²) in [5.74, 6) is -0.235. The first-order valence-electron chi connectivity index (χ1n) is 7.00. The van der Waals surface area contributed by atoms with Crippen molar-refractivity contribution in [3.63, 3.8) is 0 Å².